The minimum atomic E-state index is 0.435. The van der Waals surface area contributed by atoms with Crippen molar-refractivity contribution in [1.29, 1.82) is 5.26 Å². The lowest BCUT2D eigenvalue weighted by Gasteiger charge is -2.28. The molecule has 1 fully saturated rings. The summed E-state index contributed by atoms with van der Waals surface area (Å²) in [6.07, 6.45) is 0. The van der Waals surface area contributed by atoms with Crippen LogP contribution in [0.4, 0.5) is 11.4 Å². The molecule has 1 aliphatic rings. The molecule has 1 aromatic heterocycles. The van der Waals surface area contributed by atoms with Crippen molar-refractivity contribution >= 4 is 34.0 Å². The first-order chi connectivity index (χ1) is 12.8. The van der Waals surface area contributed by atoms with E-state index in [4.69, 9.17) is 0 Å². The van der Waals surface area contributed by atoms with Crippen LogP contribution in [0.2, 0.25) is 0 Å². The summed E-state index contributed by atoms with van der Waals surface area (Å²) in [7, 11) is 0. The van der Waals surface area contributed by atoms with Crippen molar-refractivity contribution in [3.05, 3.63) is 65.9 Å². The highest BCUT2D eigenvalue weighted by atomic mass is 32.2. The van der Waals surface area contributed by atoms with E-state index in [0.29, 0.717) is 5.69 Å². The number of nitrogens with zero attached hydrogens (tertiary/aromatic N) is 3. The number of aromatic nitrogens is 1. The normalized spacial score (nSPS) is 14.2. The molecule has 4 rings (SSSR count). The van der Waals surface area contributed by atoms with E-state index in [1.807, 2.05) is 42.1 Å². The number of thioether (sulfide) groups is 1. The van der Waals surface area contributed by atoms with Gasteiger partial charge < -0.3 is 10.2 Å². The van der Waals surface area contributed by atoms with E-state index >= 15 is 0 Å². The lowest BCUT2D eigenvalue weighted by molar-refractivity contribution is 0.858. The number of fused-ring (bicyclic) bond motifs is 1. The van der Waals surface area contributed by atoms with Crippen LogP contribution in [-0.2, 0) is 6.54 Å². The number of nitriles is 1. The van der Waals surface area contributed by atoms with Gasteiger partial charge in [-0.2, -0.15) is 17.0 Å². The first-order valence-electron chi connectivity index (χ1n) is 8.79. The van der Waals surface area contributed by atoms with Crippen LogP contribution in [0.1, 0.15) is 11.3 Å². The van der Waals surface area contributed by atoms with Crippen LogP contribution in [0.3, 0.4) is 0 Å². The Labute approximate surface area is 157 Å². The second-order valence-electron chi connectivity index (χ2n) is 6.30. The van der Waals surface area contributed by atoms with Gasteiger partial charge in [-0.25, -0.2) is 4.98 Å². The van der Waals surface area contributed by atoms with Crippen molar-refractivity contribution in [3.8, 4) is 6.07 Å². The predicted molar refractivity (Wildman–Crippen MR) is 110 cm³/mol. The first kappa shape index (κ1) is 16.7. The third kappa shape index (κ3) is 3.61. The molecule has 4 nitrogen and oxygen atoms in total. The molecule has 0 atom stereocenters. The van der Waals surface area contributed by atoms with Gasteiger partial charge in [-0.05, 0) is 29.8 Å². The average molecular weight is 360 g/mol. The average Bonchev–Trinajstić information content (AvgIpc) is 2.73. The van der Waals surface area contributed by atoms with Gasteiger partial charge in [0, 0.05) is 47.9 Å². The van der Waals surface area contributed by atoms with Gasteiger partial charge in [0.25, 0.3) is 0 Å². The summed E-state index contributed by atoms with van der Waals surface area (Å²) in [5.41, 5.74) is 4.75. The van der Waals surface area contributed by atoms with E-state index in [9.17, 15) is 5.26 Å². The molecule has 2 aromatic carbocycles. The molecule has 0 bridgehead atoms. The molecule has 0 radical (unpaired) electrons. The fourth-order valence-corrected chi connectivity index (χ4v) is 4.13. The molecule has 0 spiro atoms. The molecule has 3 aromatic rings. The van der Waals surface area contributed by atoms with E-state index in [1.54, 1.807) is 0 Å². The molecule has 1 N–H and O–H groups in total. The molecule has 0 unspecified atom stereocenters. The summed E-state index contributed by atoms with van der Waals surface area (Å²) in [6, 6.07) is 20.6. The molecule has 1 aliphatic heterocycles. The zero-order valence-electron chi connectivity index (χ0n) is 14.5. The van der Waals surface area contributed by atoms with Crippen LogP contribution in [0.25, 0.3) is 10.9 Å². The van der Waals surface area contributed by atoms with Gasteiger partial charge in [-0.3, -0.25) is 0 Å². The maximum atomic E-state index is 9.21. The smallest absolute Gasteiger partial charge is 0.143 e. The van der Waals surface area contributed by atoms with Gasteiger partial charge in [-0.15, -0.1) is 0 Å². The fourth-order valence-electron chi connectivity index (χ4n) is 3.22. The zero-order chi connectivity index (χ0) is 17.8. The highest BCUT2D eigenvalue weighted by molar-refractivity contribution is 7.99. The molecule has 5 heteroatoms. The van der Waals surface area contributed by atoms with Crippen LogP contribution in [-0.4, -0.2) is 29.6 Å². The molecule has 0 amide bonds. The lowest BCUT2D eigenvalue weighted by Crippen LogP contribution is -2.32. The third-order valence-corrected chi connectivity index (χ3v) is 5.57. The Kier molecular flexibility index (Phi) is 4.94. The summed E-state index contributed by atoms with van der Waals surface area (Å²) >= 11 is 2.03. The van der Waals surface area contributed by atoms with E-state index in [1.165, 1.54) is 22.8 Å². The summed E-state index contributed by atoms with van der Waals surface area (Å²) in [5.74, 6) is 2.42. The summed E-state index contributed by atoms with van der Waals surface area (Å²) in [4.78, 5) is 6.81. The van der Waals surface area contributed by atoms with Gasteiger partial charge in [0.05, 0.1) is 5.52 Å². The zero-order valence-corrected chi connectivity index (χ0v) is 15.3. The predicted octanol–water partition coefficient (Wildman–Crippen LogP) is 4.27. The second kappa shape index (κ2) is 7.67. The number of nitrogens with one attached hydrogen (secondary N) is 1. The first-order valence-corrected chi connectivity index (χ1v) is 9.94. The van der Waals surface area contributed by atoms with Gasteiger partial charge >= 0.3 is 0 Å². The fraction of sp³-hybridized carbons (Fsp3) is 0.238. The summed E-state index contributed by atoms with van der Waals surface area (Å²) < 4.78 is 0. The van der Waals surface area contributed by atoms with Crippen molar-refractivity contribution < 1.29 is 0 Å². The Morgan fingerprint density at radius 3 is 2.62 bits per heavy atom. The van der Waals surface area contributed by atoms with Crippen LogP contribution in [0, 0.1) is 11.3 Å². The number of rotatable bonds is 4. The standard InChI is InChI=1S/C21H20N4S/c22-14-17-13-21(19-3-1-2-4-20(19)24-17)23-15-16-5-7-18(8-6-16)25-9-11-26-12-10-25/h1-8,13H,9-12,15H2,(H,23,24). The topological polar surface area (TPSA) is 52.0 Å². The number of pyridine rings is 1. The molecule has 0 aliphatic carbocycles. The Hall–Kier alpha value is -2.71. The van der Waals surface area contributed by atoms with E-state index in [0.717, 1.165) is 36.2 Å². The van der Waals surface area contributed by atoms with Gasteiger partial charge in [0.1, 0.15) is 11.8 Å². The van der Waals surface area contributed by atoms with Gasteiger partial charge in [0.15, 0.2) is 0 Å². The number of para-hydroxylation sites is 1. The van der Waals surface area contributed by atoms with Crippen LogP contribution < -0.4 is 10.2 Å². The van der Waals surface area contributed by atoms with Crippen LogP contribution in [0.15, 0.2) is 54.6 Å². The highest BCUT2D eigenvalue weighted by Crippen LogP contribution is 2.24. The summed E-state index contributed by atoms with van der Waals surface area (Å²) in [6.45, 7) is 2.97. The number of anilines is 2. The van der Waals surface area contributed by atoms with Crippen molar-refractivity contribution in [3.63, 3.8) is 0 Å². The van der Waals surface area contributed by atoms with Crippen molar-refractivity contribution in [2.45, 2.75) is 6.54 Å². The minimum Gasteiger partial charge on any atom is -0.380 e. The number of benzene rings is 2. The Balaban J connectivity index is 1.50. The lowest BCUT2D eigenvalue weighted by atomic mass is 10.1. The monoisotopic (exact) mass is 360 g/mol. The van der Waals surface area contributed by atoms with Gasteiger partial charge in [-0.1, -0.05) is 30.3 Å². The molecule has 26 heavy (non-hydrogen) atoms. The van der Waals surface area contributed by atoms with Gasteiger partial charge in [0.2, 0.25) is 0 Å². The Morgan fingerprint density at radius 1 is 1.08 bits per heavy atom. The Bertz CT molecular complexity index is 940. The van der Waals surface area contributed by atoms with Crippen molar-refractivity contribution in [1.82, 2.24) is 4.98 Å². The van der Waals surface area contributed by atoms with E-state index < -0.39 is 0 Å². The number of hydrogen-bond acceptors (Lipinski definition) is 5. The highest BCUT2D eigenvalue weighted by Gasteiger charge is 2.11. The molecule has 1 saturated heterocycles. The minimum absolute atomic E-state index is 0.435. The quantitative estimate of drug-likeness (QED) is 0.753. The van der Waals surface area contributed by atoms with E-state index in [-0.39, 0.29) is 0 Å². The van der Waals surface area contributed by atoms with Crippen molar-refractivity contribution in [2.75, 3.05) is 34.8 Å². The molecule has 2 heterocycles. The molecular weight excluding hydrogens is 340 g/mol. The Morgan fingerprint density at radius 2 is 1.85 bits per heavy atom. The maximum Gasteiger partial charge on any atom is 0.143 e. The van der Waals surface area contributed by atoms with Crippen LogP contribution >= 0.6 is 11.8 Å². The maximum absolute atomic E-state index is 9.21. The third-order valence-electron chi connectivity index (χ3n) is 4.63. The second-order valence-corrected chi connectivity index (χ2v) is 7.53. The largest absolute Gasteiger partial charge is 0.380 e. The SMILES string of the molecule is N#Cc1cc(NCc2ccc(N3CCSCC3)cc2)c2ccccc2n1. The summed E-state index contributed by atoms with van der Waals surface area (Å²) in [5, 5.41) is 13.7. The van der Waals surface area contributed by atoms with Crippen LogP contribution in [0.5, 0.6) is 0 Å². The molecule has 130 valence electrons. The van der Waals surface area contributed by atoms with Crippen molar-refractivity contribution in [2.24, 2.45) is 0 Å². The van der Waals surface area contributed by atoms with E-state index in [2.05, 4.69) is 45.5 Å². The molecular formula is C21H20N4S. The molecule has 0 saturated carbocycles. The number of hydrogen-bond donors (Lipinski definition) is 1.